The molecule has 114 valence electrons. The van der Waals surface area contributed by atoms with Crippen molar-refractivity contribution < 1.29 is 9.53 Å². The Kier molecular flexibility index (Phi) is 5.05. The van der Waals surface area contributed by atoms with Gasteiger partial charge < -0.3 is 9.64 Å². The minimum absolute atomic E-state index is 0.212. The fourth-order valence-corrected chi connectivity index (χ4v) is 2.46. The molecule has 1 amide bonds. The number of nitrogens with zero attached hydrogens (tertiary/aromatic N) is 1. The molecule has 0 spiro atoms. The summed E-state index contributed by atoms with van der Waals surface area (Å²) < 4.78 is 5.44. The summed E-state index contributed by atoms with van der Waals surface area (Å²) in [4.78, 5) is 13.9. The van der Waals surface area contributed by atoms with Crippen molar-refractivity contribution >= 4 is 6.09 Å². The average molecular weight is 287 g/mol. The molecule has 0 aromatic heterocycles. The first kappa shape index (κ1) is 15.6. The Morgan fingerprint density at radius 1 is 1.29 bits per heavy atom. The highest BCUT2D eigenvalue weighted by atomic mass is 16.6. The van der Waals surface area contributed by atoms with E-state index in [0.29, 0.717) is 12.5 Å². The Balaban J connectivity index is 1.85. The molecule has 21 heavy (non-hydrogen) atoms. The van der Waals surface area contributed by atoms with E-state index < -0.39 is 5.60 Å². The van der Waals surface area contributed by atoms with Crippen LogP contribution in [0.3, 0.4) is 0 Å². The molecule has 0 saturated carbocycles. The maximum absolute atomic E-state index is 12.1. The SMILES string of the molecule is CC(C)(C)OC(=O)N1CC=CC(CCc2ccccc2)C1. The second-order valence-electron chi connectivity index (χ2n) is 6.60. The lowest BCUT2D eigenvalue weighted by Gasteiger charge is -2.31. The summed E-state index contributed by atoms with van der Waals surface area (Å²) in [5.41, 5.74) is 0.915. The van der Waals surface area contributed by atoms with Crippen molar-refractivity contribution in [2.75, 3.05) is 13.1 Å². The second-order valence-corrected chi connectivity index (χ2v) is 6.60. The van der Waals surface area contributed by atoms with Crippen molar-refractivity contribution in [3.63, 3.8) is 0 Å². The molecule has 0 fully saturated rings. The normalized spacial score (nSPS) is 18.6. The van der Waals surface area contributed by atoms with Gasteiger partial charge in [0, 0.05) is 13.1 Å². The van der Waals surface area contributed by atoms with E-state index in [1.54, 1.807) is 4.90 Å². The molecule has 1 aromatic carbocycles. The van der Waals surface area contributed by atoms with Gasteiger partial charge in [0.25, 0.3) is 0 Å². The maximum atomic E-state index is 12.1. The molecule has 0 radical (unpaired) electrons. The van der Waals surface area contributed by atoms with Gasteiger partial charge in [-0.1, -0.05) is 42.5 Å². The Bertz CT molecular complexity index is 488. The van der Waals surface area contributed by atoms with Crippen LogP contribution in [0, 0.1) is 5.92 Å². The molecule has 1 aliphatic rings. The van der Waals surface area contributed by atoms with Gasteiger partial charge in [0.2, 0.25) is 0 Å². The summed E-state index contributed by atoms with van der Waals surface area (Å²) in [5.74, 6) is 0.409. The van der Waals surface area contributed by atoms with Gasteiger partial charge >= 0.3 is 6.09 Å². The van der Waals surface area contributed by atoms with Gasteiger partial charge in [0.15, 0.2) is 0 Å². The van der Waals surface area contributed by atoms with Crippen LogP contribution in [0.5, 0.6) is 0 Å². The quantitative estimate of drug-likeness (QED) is 0.785. The van der Waals surface area contributed by atoms with E-state index in [4.69, 9.17) is 4.74 Å². The van der Waals surface area contributed by atoms with Crippen molar-refractivity contribution in [3.8, 4) is 0 Å². The fourth-order valence-electron chi connectivity index (χ4n) is 2.46. The van der Waals surface area contributed by atoms with E-state index in [1.807, 2.05) is 26.8 Å². The minimum Gasteiger partial charge on any atom is -0.444 e. The van der Waals surface area contributed by atoms with Gasteiger partial charge in [-0.25, -0.2) is 4.79 Å². The number of rotatable bonds is 3. The lowest BCUT2D eigenvalue weighted by molar-refractivity contribution is 0.0242. The summed E-state index contributed by atoms with van der Waals surface area (Å²) in [6.07, 6.45) is 6.18. The number of benzene rings is 1. The lowest BCUT2D eigenvalue weighted by Crippen LogP contribution is -2.41. The third-order valence-electron chi connectivity index (χ3n) is 3.49. The van der Waals surface area contributed by atoms with Gasteiger partial charge in [-0.2, -0.15) is 0 Å². The molecule has 0 N–H and O–H groups in total. The largest absolute Gasteiger partial charge is 0.444 e. The van der Waals surface area contributed by atoms with E-state index in [1.165, 1.54) is 5.56 Å². The Morgan fingerprint density at radius 2 is 2.00 bits per heavy atom. The van der Waals surface area contributed by atoms with Crippen LogP contribution in [0.4, 0.5) is 4.79 Å². The van der Waals surface area contributed by atoms with Crippen LogP contribution in [0.25, 0.3) is 0 Å². The number of hydrogen-bond acceptors (Lipinski definition) is 2. The molecule has 0 bridgehead atoms. The number of amides is 1. The highest BCUT2D eigenvalue weighted by molar-refractivity contribution is 5.68. The smallest absolute Gasteiger partial charge is 0.410 e. The van der Waals surface area contributed by atoms with Crippen molar-refractivity contribution in [3.05, 3.63) is 48.0 Å². The Morgan fingerprint density at radius 3 is 2.67 bits per heavy atom. The molecule has 1 atom stereocenters. The molecular formula is C18H25NO2. The third kappa shape index (κ3) is 5.25. The zero-order valence-corrected chi connectivity index (χ0v) is 13.2. The van der Waals surface area contributed by atoms with E-state index in [0.717, 1.165) is 19.4 Å². The molecule has 3 nitrogen and oxygen atoms in total. The van der Waals surface area contributed by atoms with Crippen LogP contribution in [-0.4, -0.2) is 29.7 Å². The standard InChI is InChI=1S/C18H25NO2/c1-18(2,3)21-17(20)19-13-7-10-16(14-19)12-11-15-8-5-4-6-9-15/h4-10,16H,11-14H2,1-3H3. The molecule has 2 rings (SSSR count). The van der Waals surface area contributed by atoms with Crippen LogP contribution in [-0.2, 0) is 11.2 Å². The summed E-state index contributed by atoms with van der Waals surface area (Å²) in [6.45, 7) is 7.10. The number of carbonyl (C=O) groups excluding carboxylic acids is 1. The predicted molar refractivity (Wildman–Crippen MR) is 85.2 cm³/mol. The van der Waals surface area contributed by atoms with Crippen LogP contribution in [0.2, 0.25) is 0 Å². The monoisotopic (exact) mass is 287 g/mol. The third-order valence-corrected chi connectivity index (χ3v) is 3.49. The van der Waals surface area contributed by atoms with Crippen molar-refractivity contribution in [2.45, 2.75) is 39.2 Å². The maximum Gasteiger partial charge on any atom is 0.410 e. The molecular weight excluding hydrogens is 262 g/mol. The molecule has 3 heteroatoms. The van der Waals surface area contributed by atoms with E-state index >= 15 is 0 Å². The number of ether oxygens (including phenoxy) is 1. The first-order valence-electron chi connectivity index (χ1n) is 7.62. The molecule has 1 heterocycles. The van der Waals surface area contributed by atoms with Crippen molar-refractivity contribution in [1.82, 2.24) is 4.90 Å². The van der Waals surface area contributed by atoms with Gasteiger partial charge in [-0.05, 0) is 45.1 Å². The van der Waals surface area contributed by atoms with E-state index in [9.17, 15) is 4.79 Å². The molecule has 1 aliphatic heterocycles. The highest BCUT2D eigenvalue weighted by Gasteiger charge is 2.25. The van der Waals surface area contributed by atoms with Crippen LogP contribution >= 0.6 is 0 Å². The summed E-state index contributed by atoms with van der Waals surface area (Å²) in [6, 6.07) is 10.5. The lowest BCUT2D eigenvalue weighted by atomic mass is 9.96. The molecule has 1 aromatic rings. The zero-order valence-electron chi connectivity index (χ0n) is 13.2. The topological polar surface area (TPSA) is 29.5 Å². The molecule has 0 saturated heterocycles. The van der Waals surface area contributed by atoms with Crippen molar-refractivity contribution in [1.29, 1.82) is 0 Å². The zero-order chi connectivity index (χ0) is 15.3. The molecule has 0 aliphatic carbocycles. The van der Waals surface area contributed by atoms with Crippen LogP contribution in [0.15, 0.2) is 42.5 Å². The van der Waals surface area contributed by atoms with Gasteiger partial charge in [-0.15, -0.1) is 0 Å². The van der Waals surface area contributed by atoms with Gasteiger partial charge in [0.05, 0.1) is 0 Å². The Hall–Kier alpha value is -1.77. The van der Waals surface area contributed by atoms with Gasteiger partial charge in [0.1, 0.15) is 5.60 Å². The fraction of sp³-hybridized carbons (Fsp3) is 0.500. The number of hydrogen-bond donors (Lipinski definition) is 0. The van der Waals surface area contributed by atoms with Crippen LogP contribution < -0.4 is 0 Å². The van der Waals surface area contributed by atoms with E-state index in [-0.39, 0.29) is 6.09 Å². The average Bonchev–Trinajstić information content (AvgIpc) is 2.45. The van der Waals surface area contributed by atoms with Gasteiger partial charge in [-0.3, -0.25) is 0 Å². The van der Waals surface area contributed by atoms with Crippen LogP contribution in [0.1, 0.15) is 32.8 Å². The first-order chi connectivity index (χ1) is 9.94. The first-order valence-corrected chi connectivity index (χ1v) is 7.62. The number of aryl methyl sites for hydroxylation is 1. The highest BCUT2D eigenvalue weighted by Crippen LogP contribution is 2.18. The summed E-state index contributed by atoms with van der Waals surface area (Å²) in [7, 11) is 0. The van der Waals surface area contributed by atoms with E-state index in [2.05, 4.69) is 36.4 Å². The minimum atomic E-state index is -0.433. The predicted octanol–water partition coefficient (Wildman–Crippen LogP) is 4.04. The Labute approximate surface area is 127 Å². The number of carbonyl (C=O) groups is 1. The summed E-state index contributed by atoms with van der Waals surface area (Å²) in [5, 5.41) is 0. The van der Waals surface area contributed by atoms with Crippen molar-refractivity contribution in [2.24, 2.45) is 5.92 Å². The molecule has 1 unspecified atom stereocenters. The summed E-state index contributed by atoms with van der Waals surface area (Å²) >= 11 is 0. The second kappa shape index (κ2) is 6.79.